The molecule has 0 saturated heterocycles. The second-order valence-electron chi connectivity index (χ2n) is 4.24. The van der Waals surface area contributed by atoms with Crippen LogP contribution in [0.15, 0.2) is 18.2 Å². The number of anilines is 2. The number of hydrogen-bond donors (Lipinski definition) is 2. The van der Waals surface area contributed by atoms with Gasteiger partial charge in [-0.05, 0) is 17.7 Å². The van der Waals surface area contributed by atoms with Gasteiger partial charge < -0.3 is 11.1 Å². The van der Waals surface area contributed by atoms with Crippen LogP contribution in [0.3, 0.4) is 0 Å². The van der Waals surface area contributed by atoms with Crippen LogP contribution in [-0.4, -0.2) is 10.9 Å². The number of nitrogens with zero attached hydrogens (tertiary/aromatic N) is 1. The van der Waals surface area contributed by atoms with Crippen molar-refractivity contribution in [1.82, 2.24) is 4.98 Å². The number of nitrogen functional groups attached to an aromatic ring is 1. The minimum absolute atomic E-state index is 0.150. The highest BCUT2D eigenvalue weighted by Crippen LogP contribution is 2.43. The third-order valence-corrected chi connectivity index (χ3v) is 4.30. The number of rotatable bonds is 1. The highest BCUT2D eigenvalue weighted by atomic mass is 35.5. The van der Waals surface area contributed by atoms with Gasteiger partial charge in [0, 0.05) is 17.4 Å². The standard InChI is InChI=1S/C12H9ClFN3OS/c13-8-3-5(14)1-2-6(8)7-4-9(18)16-11-10(7)19-12(15)17-11/h1-3,7H,4H2,(H2,15,17)(H,16,18)/t7-/m0/s1. The van der Waals surface area contributed by atoms with Gasteiger partial charge in [0.15, 0.2) is 5.13 Å². The number of carbonyl (C=O) groups is 1. The Morgan fingerprint density at radius 3 is 3.05 bits per heavy atom. The summed E-state index contributed by atoms with van der Waals surface area (Å²) >= 11 is 7.37. The van der Waals surface area contributed by atoms with Crippen molar-refractivity contribution >= 4 is 39.8 Å². The molecule has 3 rings (SSSR count). The molecule has 7 heteroatoms. The molecule has 1 aromatic heterocycles. The van der Waals surface area contributed by atoms with Crippen molar-refractivity contribution in [3.05, 3.63) is 39.5 Å². The first-order valence-corrected chi connectivity index (χ1v) is 6.75. The third kappa shape index (κ3) is 2.17. The lowest BCUT2D eigenvalue weighted by Gasteiger charge is -2.22. The average Bonchev–Trinajstić information content (AvgIpc) is 2.68. The number of amides is 1. The summed E-state index contributed by atoms with van der Waals surface area (Å²) in [4.78, 5) is 16.6. The Bertz CT molecular complexity index is 673. The lowest BCUT2D eigenvalue weighted by atomic mass is 9.91. The number of aromatic nitrogens is 1. The van der Waals surface area contributed by atoms with Crippen molar-refractivity contribution < 1.29 is 9.18 Å². The number of halogens is 2. The molecule has 1 amide bonds. The zero-order valence-electron chi connectivity index (χ0n) is 9.61. The zero-order valence-corrected chi connectivity index (χ0v) is 11.2. The number of nitrogens with one attached hydrogen (secondary N) is 1. The van der Waals surface area contributed by atoms with Gasteiger partial charge in [-0.25, -0.2) is 9.37 Å². The summed E-state index contributed by atoms with van der Waals surface area (Å²) in [5.41, 5.74) is 6.38. The SMILES string of the molecule is Nc1nc2c(s1)[C@H](c1ccc(F)cc1Cl)CC(=O)N2. The fourth-order valence-electron chi connectivity index (χ4n) is 2.17. The lowest BCUT2D eigenvalue weighted by Crippen LogP contribution is -2.22. The van der Waals surface area contributed by atoms with Gasteiger partial charge in [-0.2, -0.15) is 0 Å². The van der Waals surface area contributed by atoms with Crippen LogP contribution < -0.4 is 11.1 Å². The molecule has 4 nitrogen and oxygen atoms in total. The Kier molecular flexibility index (Phi) is 2.91. The largest absolute Gasteiger partial charge is 0.375 e. The Labute approximate surface area is 117 Å². The molecule has 0 unspecified atom stereocenters. The maximum absolute atomic E-state index is 13.1. The van der Waals surface area contributed by atoms with Crippen LogP contribution in [0.5, 0.6) is 0 Å². The van der Waals surface area contributed by atoms with E-state index < -0.39 is 5.82 Å². The average molecular weight is 298 g/mol. The van der Waals surface area contributed by atoms with E-state index in [1.807, 2.05) is 0 Å². The van der Waals surface area contributed by atoms with Crippen LogP contribution in [0.1, 0.15) is 22.8 Å². The Balaban J connectivity index is 2.12. The summed E-state index contributed by atoms with van der Waals surface area (Å²) in [5.74, 6) is -0.308. The molecule has 0 saturated carbocycles. The van der Waals surface area contributed by atoms with E-state index in [9.17, 15) is 9.18 Å². The van der Waals surface area contributed by atoms with Crippen LogP contribution in [-0.2, 0) is 4.79 Å². The van der Waals surface area contributed by atoms with Gasteiger partial charge in [0.25, 0.3) is 0 Å². The number of hydrogen-bond acceptors (Lipinski definition) is 4. The van der Waals surface area contributed by atoms with Gasteiger partial charge in [0.2, 0.25) is 5.91 Å². The van der Waals surface area contributed by atoms with E-state index >= 15 is 0 Å². The zero-order chi connectivity index (χ0) is 13.6. The molecule has 1 atom stereocenters. The molecule has 0 bridgehead atoms. The van der Waals surface area contributed by atoms with Crippen molar-refractivity contribution in [3.63, 3.8) is 0 Å². The predicted octanol–water partition coefficient (Wildman–Crippen LogP) is 2.99. The number of nitrogens with two attached hydrogens (primary N) is 1. The normalized spacial score (nSPS) is 18.0. The van der Waals surface area contributed by atoms with Crippen LogP contribution in [0.25, 0.3) is 0 Å². The van der Waals surface area contributed by atoms with E-state index in [0.717, 1.165) is 4.88 Å². The summed E-state index contributed by atoms with van der Waals surface area (Å²) in [7, 11) is 0. The number of fused-ring (bicyclic) bond motifs is 1. The monoisotopic (exact) mass is 297 g/mol. The molecule has 98 valence electrons. The Morgan fingerprint density at radius 1 is 1.53 bits per heavy atom. The summed E-state index contributed by atoms with van der Waals surface area (Å²) in [6, 6.07) is 4.17. The van der Waals surface area contributed by atoms with Crippen LogP contribution in [0.4, 0.5) is 15.3 Å². The molecular formula is C12H9ClFN3OS. The van der Waals surface area contributed by atoms with Gasteiger partial charge in [0.1, 0.15) is 11.6 Å². The molecule has 2 aromatic rings. The molecule has 1 aliphatic rings. The third-order valence-electron chi connectivity index (χ3n) is 2.97. The highest BCUT2D eigenvalue weighted by Gasteiger charge is 2.31. The van der Waals surface area contributed by atoms with Crippen LogP contribution in [0, 0.1) is 5.82 Å². The summed E-state index contributed by atoms with van der Waals surface area (Å²) in [6.45, 7) is 0. The minimum atomic E-state index is -0.405. The molecule has 0 fully saturated rings. The second kappa shape index (κ2) is 4.47. The second-order valence-corrected chi connectivity index (χ2v) is 5.71. The highest BCUT2D eigenvalue weighted by molar-refractivity contribution is 7.16. The lowest BCUT2D eigenvalue weighted by molar-refractivity contribution is -0.116. The summed E-state index contributed by atoms with van der Waals surface area (Å²) in [6.07, 6.45) is 0.250. The summed E-state index contributed by atoms with van der Waals surface area (Å²) < 4.78 is 13.1. The molecule has 0 radical (unpaired) electrons. The van der Waals surface area contributed by atoms with Crippen LogP contribution in [0.2, 0.25) is 5.02 Å². The van der Waals surface area contributed by atoms with Crippen molar-refractivity contribution in [1.29, 1.82) is 0 Å². The fourth-order valence-corrected chi connectivity index (χ4v) is 3.38. The van der Waals surface area contributed by atoms with Gasteiger partial charge in [-0.1, -0.05) is 29.0 Å². The van der Waals surface area contributed by atoms with E-state index in [0.29, 0.717) is 21.5 Å². The van der Waals surface area contributed by atoms with E-state index in [1.165, 1.54) is 23.5 Å². The number of thiazole rings is 1. The minimum Gasteiger partial charge on any atom is -0.375 e. The van der Waals surface area contributed by atoms with E-state index in [2.05, 4.69) is 10.3 Å². The molecule has 0 aliphatic carbocycles. The van der Waals surface area contributed by atoms with Crippen LogP contribution >= 0.6 is 22.9 Å². The topological polar surface area (TPSA) is 68.0 Å². The number of carbonyl (C=O) groups excluding carboxylic acids is 1. The predicted molar refractivity (Wildman–Crippen MR) is 73.0 cm³/mol. The number of benzene rings is 1. The van der Waals surface area contributed by atoms with Gasteiger partial charge in [-0.3, -0.25) is 4.79 Å². The first-order valence-electron chi connectivity index (χ1n) is 5.55. The van der Waals surface area contributed by atoms with Crippen molar-refractivity contribution in [3.8, 4) is 0 Å². The van der Waals surface area contributed by atoms with E-state index in [1.54, 1.807) is 6.07 Å². The molecule has 1 aliphatic heterocycles. The van der Waals surface area contributed by atoms with Crippen molar-refractivity contribution in [2.45, 2.75) is 12.3 Å². The Hall–Kier alpha value is -1.66. The summed E-state index contributed by atoms with van der Waals surface area (Å²) in [5, 5.41) is 3.36. The van der Waals surface area contributed by atoms with Crippen molar-refractivity contribution in [2.75, 3.05) is 11.1 Å². The maximum atomic E-state index is 13.1. The smallest absolute Gasteiger partial charge is 0.226 e. The van der Waals surface area contributed by atoms with E-state index in [-0.39, 0.29) is 18.2 Å². The Morgan fingerprint density at radius 2 is 2.32 bits per heavy atom. The quantitative estimate of drug-likeness (QED) is 0.850. The van der Waals surface area contributed by atoms with Gasteiger partial charge >= 0.3 is 0 Å². The molecule has 1 aromatic carbocycles. The first kappa shape index (κ1) is 12.4. The molecule has 19 heavy (non-hydrogen) atoms. The van der Waals surface area contributed by atoms with Gasteiger partial charge in [-0.15, -0.1) is 0 Å². The molecular weight excluding hydrogens is 289 g/mol. The fraction of sp³-hybridized carbons (Fsp3) is 0.167. The molecule has 3 N–H and O–H groups in total. The molecule has 0 spiro atoms. The molecule has 2 heterocycles. The maximum Gasteiger partial charge on any atom is 0.226 e. The van der Waals surface area contributed by atoms with Gasteiger partial charge in [0.05, 0.1) is 4.88 Å². The van der Waals surface area contributed by atoms with Crippen molar-refractivity contribution in [2.24, 2.45) is 0 Å². The van der Waals surface area contributed by atoms with E-state index in [4.69, 9.17) is 17.3 Å². The first-order chi connectivity index (χ1) is 9.04.